The van der Waals surface area contributed by atoms with Crippen LogP contribution in [0.4, 0.5) is 4.79 Å². The molecule has 138 valence electrons. The summed E-state index contributed by atoms with van der Waals surface area (Å²) in [6, 6.07) is 4.66. The number of aryl methyl sites for hydroxylation is 2. The van der Waals surface area contributed by atoms with Gasteiger partial charge in [0, 0.05) is 25.6 Å². The number of carbonyl (C=O) groups is 1. The minimum absolute atomic E-state index is 0.192. The quantitative estimate of drug-likeness (QED) is 0.822. The van der Waals surface area contributed by atoms with Crippen molar-refractivity contribution in [1.29, 1.82) is 0 Å². The van der Waals surface area contributed by atoms with Crippen molar-refractivity contribution in [1.82, 2.24) is 9.80 Å². The lowest BCUT2D eigenvalue weighted by molar-refractivity contribution is 0.00819. The maximum atomic E-state index is 12.1. The molecule has 0 unspecified atom stereocenters. The molecule has 2 aliphatic rings. The van der Waals surface area contributed by atoms with Gasteiger partial charge in [-0.3, -0.25) is 4.90 Å². The molecule has 0 bridgehead atoms. The molecule has 2 saturated heterocycles. The molecule has 0 atom stereocenters. The van der Waals surface area contributed by atoms with Crippen LogP contribution >= 0.6 is 0 Å². The Labute approximate surface area is 152 Å². The number of amides is 1. The maximum Gasteiger partial charge on any atom is 0.410 e. The molecule has 0 N–H and O–H groups in total. The zero-order chi connectivity index (χ0) is 18.2. The first-order valence-corrected chi connectivity index (χ1v) is 9.53. The third kappa shape index (κ3) is 4.35. The summed E-state index contributed by atoms with van der Waals surface area (Å²) in [4.78, 5) is 16.5. The largest absolute Gasteiger partial charge is 0.444 e. The Morgan fingerprint density at radius 1 is 1.12 bits per heavy atom. The molecule has 1 aromatic carbocycles. The van der Waals surface area contributed by atoms with Crippen LogP contribution in [0.15, 0.2) is 12.1 Å². The number of ether oxygens (including phenoxy) is 1. The first-order valence-electron chi connectivity index (χ1n) is 9.53. The fourth-order valence-corrected chi connectivity index (χ4v) is 3.84. The van der Waals surface area contributed by atoms with Crippen LogP contribution in [-0.4, -0.2) is 47.7 Å². The van der Waals surface area contributed by atoms with Crippen LogP contribution in [0.2, 0.25) is 0 Å². The minimum Gasteiger partial charge on any atom is -0.444 e. The van der Waals surface area contributed by atoms with E-state index in [2.05, 4.69) is 30.9 Å². The van der Waals surface area contributed by atoms with Crippen LogP contribution in [0, 0.1) is 13.8 Å². The van der Waals surface area contributed by atoms with Gasteiger partial charge in [-0.05, 0) is 82.8 Å². The van der Waals surface area contributed by atoms with E-state index in [9.17, 15) is 4.79 Å². The predicted octanol–water partition coefficient (Wildman–Crippen LogP) is 4.23. The molecule has 0 radical (unpaired) electrons. The minimum atomic E-state index is -0.424. The SMILES string of the molecule is Cc1cc(C2CN(C(=O)OC(C)(C)C)C2)cc(C)c1CN1CCCC1. The van der Waals surface area contributed by atoms with E-state index in [1.54, 1.807) is 4.90 Å². The van der Waals surface area contributed by atoms with Crippen LogP contribution in [0.1, 0.15) is 61.8 Å². The van der Waals surface area contributed by atoms with Crippen molar-refractivity contribution in [3.63, 3.8) is 0 Å². The van der Waals surface area contributed by atoms with E-state index in [1.165, 1.54) is 48.2 Å². The molecular weight excluding hydrogens is 312 g/mol. The summed E-state index contributed by atoms with van der Waals surface area (Å²) in [6.45, 7) is 15.3. The number of hydrogen-bond donors (Lipinski definition) is 0. The summed E-state index contributed by atoms with van der Waals surface area (Å²) in [6.07, 6.45) is 2.47. The molecule has 4 nitrogen and oxygen atoms in total. The van der Waals surface area contributed by atoms with Crippen LogP contribution < -0.4 is 0 Å². The van der Waals surface area contributed by atoms with E-state index < -0.39 is 5.60 Å². The zero-order valence-electron chi connectivity index (χ0n) is 16.4. The van der Waals surface area contributed by atoms with Crippen molar-refractivity contribution in [3.8, 4) is 0 Å². The molecule has 3 rings (SSSR count). The molecule has 2 fully saturated rings. The number of nitrogens with zero attached hydrogens (tertiary/aromatic N) is 2. The van der Waals surface area contributed by atoms with Gasteiger partial charge in [0.05, 0.1) is 0 Å². The normalized spacial score (nSPS) is 19.2. The molecule has 1 amide bonds. The molecule has 0 spiro atoms. The van der Waals surface area contributed by atoms with E-state index in [1.807, 2.05) is 20.8 Å². The van der Waals surface area contributed by atoms with Crippen molar-refractivity contribution in [3.05, 3.63) is 34.4 Å². The Morgan fingerprint density at radius 3 is 2.20 bits per heavy atom. The molecule has 25 heavy (non-hydrogen) atoms. The highest BCUT2D eigenvalue weighted by Crippen LogP contribution is 2.31. The maximum absolute atomic E-state index is 12.1. The summed E-state index contributed by atoms with van der Waals surface area (Å²) >= 11 is 0. The fourth-order valence-electron chi connectivity index (χ4n) is 3.84. The lowest BCUT2D eigenvalue weighted by atomic mass is 9.87. The first-order chi connectivity index (χ1) is 11.7. The van der Waals surface area contributed by atoms with E-state index >= 15 is 0 Å². The molecular formula is C21H32N2O2. The Kier molecular flexibility index (Phi) is 5.10. The van der Waals surface area contributed by atoms with Gasteiger partial charge in [0.1, 0.15) is 5.60 Å². The van der Waals surface area contributed by atoms with Gasteiger partial charge in [-0.1, -0.05) is 12.1 Å². The van der Waals surface area contributed by atoms with Gasteiger partial charge >= 0.3 is 6.09 Å². The van der Waals surface area contributed by atoms with Gasteiger partial charge in [0.15, 0.2) is 0 Å². The van der Waals surface area contributed by atoms with E-state index in [4.69, 9.17) is 4.74 Å². The Hall–Kier alpha value is -1.55. The number of rotatable bonds is 3. The molecule has 0 saturated carbocycles. The number of likely N-dealkylation sites (tertiary alicyclic amines) is 2. The lowest BCUT2D eigenvalue weighted by Gasteiger charge is -2.40. The lowest BCUT2D eigenvalue weighted by Crippen LogP contribution is -2.50. The van der Waals surface area contributed by atoms with Gasteiger partial charge in [0.25, 0.3) is 0 Å². The third-order valence-electron chi connectivity index (χ3n) is 5.30. The topological polar surface area (TPSA) is 32.8 Å². The van der Waals surface area contributed by atoms with E-state index in [0.29, 0.717) is 5.92 Å². The number of benzene rings is 1. The summed E-state index contributed by atoms with van der Waals surface area (Å²) in [5.41, 5.74) is 5.19. The second kappa shape index (κ2) is 6.99. The summed E-state index contributed by atoms with van der Waals surface area (Å²) in [7, 11) is 0. The average molecular weight is 344 g/mol. The van der Waals surface area contributed by atoms with Gasteiger partial charge < -0.3 is 9.64 Å². The predicted molar refractivity (Wildman–Crippen MR) is 101 cm³/mol. The van der Waals surface area contributed by atoms with Crippen LogP contribution in [-0.2, 0) is 11.3 Å². The second-order valence-electron chi connectivity index (χ2n) is 8.70. The van der Waals surface area contributed by atoms with Crippen LogP contribution in [0.3, 0.4) is 0 Å². The van der Waals surface area contributed by atoms with Crippen molar-refractivity contribution in [2.45, 2.75) is 65.5 Å². The summed E-state index contributed by atoms with van der Waals surface area (Å²) < 4.78 is 5.45. The van der Waals surface area contributed by atoms with E-state index in [-0.39, 0.29) is 6.09 Å². The van der Waals surface area contributed by atoms with Crippen molar-refractivity contribution < 1.29 is 9.53 Å². The molecule has 1 aromatic rings. The number of carbonyl (C=O) groups excluding carboxylic acids is 1. The van der Waals surface area contributed by atoms with Crippen LogP contribution in [0.5, 0.6) is 0 Å². The molecule has 0 aliphatic carbocycles. The Balaban J connectivity index is 1.62. The molecule has 4 heteroatoms. The van der Waals surface area contributed by atoms with Crippen molar-refractivity contribution >= 4 is 6.09 Å². The smallest absolute Gasteiger partial charge is 0.410 e. The van der Waals surface area contributed by atoms with Crippen molar-refractivity contribution in [2.24, 2.45) is 0 Å². The summed E-state index contributed by atoms with van der Waals surface area (Å²) in [5.74, 6) is 0.436. The second-order valence-corrected chi connectivity index (χ2v) is 8.70. The highest BCUT2D eigenvalue weighted by molar-refractivity contribution is 5.69. The standard InChI is InChI=1S/C21H32N2O2/c1-15-10-17(11-16(2)19(15)14-22-8-6-7-9-22)18-12-23(13-18)20(24)25-21(3,4)5/h10-11,18H,6-9,12-14H2,1-5H3. The van der Waals surface area contributed by atoms with Gasteiger partial charge in [-0.2, -0.15) is 0 Å². The monoisotopic (exact) mass is 344 g/mol. The van der Waals surface area contributed by atoms with Crippen molar-refractivity contribution in [2.75, 3.05) is 26.2 Å². The highest BCUT2D eigenvalue weighted by Gasteiger charge is 2.34. The highest BCUT2D eigenvalue weighted by atomic mass is 16.6. The fraction of sp³-hybridized carbons (Fsp3) is 0.667. The van der Waals surface area contributed by atoms with Gasteiger partial charge in [-0.15, -0.1) is 0 Å². The van der Waals surface area contributed by atoms with Gasteiger partial charge in [0.2, 0.25) is 0 Å². The van der Waals surface area contributed by atoms with E-state index in [0.717, 1.165) is 19.6 Å². The first kappa shape index (κ1) is 18.2. The average Bonchev–Trinajstić information content (AvgIpc) is 2.92. The zero-order valence-corrected chi connectivity index (χ0v) is 16.4. The Morgan fingerprint density at radius 2 is 1.68 bits per heavy atom. The molecule has 0 aromatic heterocycles. The number of hydrogen-bond acceptors (Lipinski definition) is 3. The molecule has 2 heterocycles. The van der Waals surface area contributed by atoms with Crippen LogP contribution in [0.25, 0.3) is 0 Å². The summed E-state index contributed by atoms with van der Waals surface area (Å²) in [5, 5.41) is 0. The Bertz CT molecular complexity index is 613. The third-order valence-corrected chi connectivity index (χ3v) is 5.30. The molecule has 2 aliphatic heterocycles. The van der Waals surface area contributed by atoms with Gasteiger partial charge in [-0.25, -0.2) is 4.79 Å².